The molecule has 0 spiro atoms. The SMILES string of the molecule is CC(Oc1ccccc1Br)C(=O)c1ccc(Cl)cc1Cl. The molecule has 104 valence electrons. The first-order chi connectivity index (χ1) is 9.49. The summed E-state index contributed by atoms with van der Waals surface area (Å²) in [6.45, 7) is 1.69. The number of hydrogen-bond acceptors (Lipinski definition) is 2. The predicted molar refractivity (Wildman–Crippen MR) is 85.0 cm³/mol. The van der Waals surface area contributed by atoms with Crippen LogP contribution in [0.1, 0.15) is 17.3 Å². The van der Waals surface area contributed by atoms with E-state index >= 15 is 0 Å². The third-order valence-electron chi connectivity index (χ3n) is 2.71. The summed E-state index contributed by atoms with van der Waals surface area (Å²) in [5, 5.41) is 0.816. The Labute approximate surface area is 135 Å². The molecule has 0 saturated carbocycles. The molecule has 2 nitrogen and oxygen atoms in total. The number of halogens is 3. The van der Waals surface area contributed by atoms with Crippen molar-refractivity contribution in [2.24, 2.45) is 0 Å². The zero-order valence-corrected chi connectivity index (χ0v) is 13.7. The van der Waals surface area contributed by atoms with E-state index in [1.54, 1.807) is 31.2 Å². The van der Waals surface area contributed by atoms with E-state index in [9.17, 15) is 4.79 Å². The number of rotatable bonds is 4. The zero-order valence-electron chi connectivity index (χ0n) is 10.6. The standard InChI is InChI=1S/C15H11BrCl2O2/c1-9(20-14-5-3-2-4-12(14)16)15(19)11-7-6-10(17)8-13(11)18/h2-9H,1H3. The van der Waals surface area contributed by atoms with E-state index in [4.69, 9.17) is 27.9 Å². The van der Waals surface area contributed by atoms with E-state index < -0.39 is 6.10 Å². The lowest BCUT2D eigenvalue weighted by atomic mass is 10.1. The number of Topliss-reactive ketones (excluding diaryl/α,β-unsaturated/α-hetero) is 1. The van der Waals surface area contributed by atoms with Crippen molar-refractivity contribution >= 4 is 44.9 Å². The number of carbonyl (C=O) groups excluding carboxylic acids is 1. The van der Waals surface area contributed by atoms with Crippen LogP contribution in [0.15, 0.2) is 46.9 Å². The topological polar surface area (TPSA) is 26.3 Å². The van der Waals surface area contributed by atoms with Crippen LogP contribution in [0.2, 0.25) is 10.0 Å². The quantitative estimate of drug-likeness (QED) is 0.670. The zero-order chi connectivity index (χ0) is 14.7. The van der Waals surface area contributed by atoms with E-state index in [1.807, 2.05) is 18.2 Å². The summed E-state index contributed by atoms with van der Waals surface area (Å²) in [5.41, 5.74) is 0.399. The normalized spacial score (nSPS) is 12.0. The van der Waals surface area contributed by atoms with Crippen molar-refractivity contribution in [1.29, 1.82) is 0 Å². The average molecular weight is 374 g/mol. The summed E-state index contributed by atoms with van der Waals surface area (Å²) in [4.78, 5) is 12.3. The van der Waals surface area contributed by atoms with Gasteiger partial charge in [-0.1, -0.05) is 35.3 Å². The third-order valence-corrected chi connectivity index (χ3v) is 3.91. The minimum atomic E-state index is -0.646. The molecule has 0 aliphatic carbocycles. The summed E-state index contributed by atoms with van der Waals surface area (Å²) >= 11 is 15.2. The molecule has 0 amide bonds. The molecule has 0 N–H and O–H groups in total. The van der Waals surface area contributed by atoms with Gasteiger partial charge in [0.1, 0.15) is 5.75 Å². The Hall–Kier alpha value is -1.03. The molecular formula is C15H11BrCl2O2. The number of carbonyl (C=O) groups is 1. The Morgan fingerprint density at radius 3 is 2.55 bits per heavy atom. The lowest BCUT2D eigenvalue weighted by Crippen LogP contribution is -2.24. The molecule has 2 aromatic rings. The van der Waals surface area contributed by atoms with Crippen molar-refractivity contribution in [3.63, 3.8) is 0 Å². The van der Waals surface area contributed by atoms with E-state index in [2.05, 4.69) is 15.9 Å². The summed E-state index contributed by atoms with van der Waals surface area (Å²) in [6.07, 6.45) is -0.646. The van der Waals surface area contributed by atoms with Crippen LogP contribution in [-0.2, 0) is 0 Å². The molecule has 1 atom stereocenters. The molecule has 0 aliphatic heterocycles. The van der Waals surface area contributed by atoms with Gasteiger partial charge in [-0.05, 0) is 53.2 Å². The van der Waals surface area contributed by atoms with E-state index in [1.165, 1.54) is 0 Å². The van der Waals surface area contributed by atoms with Crippen molar-refractivity contribution in [3.8, 4) is 5.75 Å². The van der Waals surface area contributed by atoms with Gasteiger partial charge in [0.15, 0.2) is 6.10 Å². The van der Waals surface area contributed by atoms with Crippen LogP contribution >= 0.6 is 39.1 Å². The lowest BCUT2D eigenvalue weighted by molar-refractivity contribution is 0.0817. The Balaban J connectivity index is 2.19. The average Bonchev–Trinajstić information content (AvgIpc) is 2.40. The molecule has 5 heteroatoms. The molecule has 0 radical (unpaired) electrons. The number of ether oxygens (including phenoxy) is 1. The van der Waals surface area contributed by atoms with Gasteiger partial charge in [-0.3, -0.25) is 4.79 Å². The van der Waals surface area contributed by atoms with Gasteiger partial charge in [0.05, 0.1) is 9.50 Å². The highest BCUT2D eigenvalue weighted by Crippen LogP contribution is 2.27. The minimum Gasteiger partial charge on any atom is -0.481 e. The summed E-state index contributed by atoms with van der Waals surface area (Å²) in [5.74, 6) is 0.417. The van der Waals surface area contributed by atoms with Crippen LogP contribution in [0.25, 0.3) is 0 Å². The number of benzene rings is 2. The Morgan fingerprint density at radius 2 is 1.90 bits per heavy atom. The van der Waals surface area contributed by atoms with Gasteiger partial charge in [0.2, 0.25) is 5.78 Å². The maximum atomic E-state index is 12.3. The van der Waals surface area contributed by atoms with Crippen LogP contribution < -0.4 is 4.74 Å². The largest absolute Gasteiger partial charge is 0.481 e. The van der Waals surface area contributed by atoms with Gasteiger partial charge in [0.25, 0.3) is 0 Å². The van der Waals surface area contributed by atoms with E-state index in [0.29, 0.717) is 21.4 Å². The maximum absolute atomic E-state index is 12.3. The molecule has 0 fully saturated rings. The Bertz CT molecular complexity index is 644. The van der Waals surface area contributed by atoms with Crippen molar-refractivity contribution in [2.75, 3.05) is 0 Å². The third kappa shape index (κ3) is 3.54. The highest BCUT2D eigenvalue weighted by atomic mass is 79.9. The number of hydrogen-bond donors (Lipinski definition) is 0. The second-order valence-corrected chi connectivity index (χ2v) is 5.88. The second-order valence-electron chi connectivity index (χ2n) is 4.18. The molecule has 2 rings (SSSR count). The molecule has 0 aliphatic rings. The fraction of sp³-hybridized carbons (Fsp3) is 0.133. The Morgan fingerprint density at radius 1 is 1.20 bits per heavy atom. The summed E-state index contributed by atoms with van der Waals surface area (Å²) in [6, 6.07) is 12.1. The summed E-state index contributed by atoms with van der Waals surface area (Å²) in [7, 11) is 0. The second kappa shape index (κ2) is 6.61. The van der Waals surface area contributed by atoms with Crippen LogP contribution in [0.5, 0.6) is 5.75 Å². The molecule has 0 aromatic heterocycles. The predicted octanol–water partition coefficient (Wildman–Crippen LogP) is 5.41. The minimum absolute atomic E-state index is 0.192. The molecule has 20 heavy (non-hydrogen) atoms. The first kappa shape index (κ1) is 15.4. The lowest BCUT2D eigenvalue weighted by Gasteiger charge is -2.15. The monoisotopic (exact) mass is 372 g/mol. The Kier molecular flexibility index (Phi) is 5.08. The van der Waals surface area contributed by atoms with Gasteiger partial charge in [-0.15, -0.1) is 0 Å². The fourth-order valence-corrected chi connectivity index (χ4v) is 2.57. The molecule has 0 saturated heterocycles. The van der Waals surface area contributed by atoms with Crippen molar-refractivity contribution < 1.29 is 9.53 Å². The first-order valence-electron chi connectivity index (χ1n) is 5.89. The van der Waals surface area contributed by atoms with Crippen LogP contribution in [-0.4, -0.2) is 11.9 Å². The molecule has 2 aromatic carbocycles. The van der Waals surface area contributed by atoms with Gasteiger partial charge < -0.3 is 4.74 Å². The number of ketones is 1. The molecule has 0 bridgehead atoms. The van der Waals surface area contributed by atoms with Crippen molar-refractivity contribution in [1.82, 2.24) is 0 Å². The van der Waals surface area contributed by atoms with Crippen molar-refractivity contribution in [3.05, 3.63) is 62.5 Å². The highest BCUT2D eigenvalue weighted by Gasteiger charge is 2.20. The van der Waals surface area contributed by atoms with E-state index in [0.717, 1.165) is 4.47 Å². The number of para-hydroxylation sites is 1. The highest BCUT2D eigenvalue weighted by molar-refractivity contribution is 9.10. The van der Waals surface area contributed by atoms with Gasteiger partial charge in [0, 0.05) is 10.6 Å². The van der Waals surface area contributed by atoms with E-state index in [-0.39, 0.29) is 5.78 Å². The molecular weight excluding hydrogens is 363 g/mol. The van der Waals surface area contributed by atoms with Gasteiger partial charge in [-0.25, -0.2) is 0 Å². The molecule has 1 unspecified atom stereocenters. The first-order valence-corrected chi connectivity index (χ1v) is 7.44. The van der Waals surface area contributed by atoms with Crippen LogP contribution in [0.4, 0.5) is 0 Å². The van der Waals surface area contributed by atoms with Gasteiger partial charge >= 0.3 is 0 Å². The van der Waals surface area contributed by atoms with Crippen molar-refractivity contribution in [2.45, 2.75) is 13.0 Å². The molecule has 0 heterocycles. The maximum Gasteiger partial charge on any atom is 0.204 e. The van der Waals surface area contributed by atoms with Crippen LogP contribution in [0, 0.1) is 0 Å². The summed E-state index contributed by atoms with van der Waals surface area (Å²) < 4.78 is 6.45. The van der Waals surface area contributed by atoms with Crippen LogP contribution in [0.3, 0.4) is 0 Å². The fourth-order valence-electron chi connectivity index (χ4n) is 1.69. The van der Waals surface area contributed by atoms with Gasteiger partial charge in [-0.2, -0.15) is 0 Å². The smallest absolute Gasteiger partial charge is 0.204 e.